The molecule has 1 aromatic carbocycles. The van der Waals surface area contributed by atoms with Gasteiger partial charge in [-0.05, 0) is 12.1 Å². The molecule has 0 amide bonds. The molecule has 0 bridgehead atoms. The molecule has 0 heterocycles. The van der Waals surface area contributed by atoms with Gasteiger partial charge in [0.15, 0.2) is 11.6 Å². The average Bonchev–Trinajstić information content (AvgIpc) is 2.23. The summed E-state index contributed by atoms with van der Waals surface area (Å²) in [4.78, 5) is 10.9. The first-order valence-electron chi connectivity index (χ1n) is 4.47. The van der Waals surface area contributed by atoms with Gasteiger partial charge in [-0.2, -0.15) is 0 Å². The number of carbonyl (C=O) groups is 1. The average molecular weight is 292 g/mol. The molecule has 0 saturated carbocycles. The van der Waals surface area contributed by atoms with Crippen LogP contribution in [0, 0.1) is 5.82 Å². The first-order chi connectivity index (χ1) is 7.52. The second kappa shape index (κ2) is 5.27. The van der Waals surface area contributed by atoms with E-state index in [0.717, 1.165) is 0 Å². The maximum atomic E-state index is 13.9. The van der Waals surface area contributed by atoms with Crippen molar-refractivity contribution in [2.75, 3.05) is 13.7 Å². The molecule has 0 saturated heterocycles. The molecule has 0 aliphatic rings. The van der Waals surface area contributed by atoms with E-state index in [1.54, 1.807) is 0 Å². The minimum absolute atomic E-state index is 0.00194. The number of nitrogens with two attached hydrogens (primary N) is 1. The standard InChI is InChI=1S/C10H11BrFNO3/c1-16-7-3-2-6(11)8(9(7)12)5(4-13)10(14)15/h2-3,5H,4,13H2,1H3,(H,14,15). The van der Waals surface area contributed by atoms with Gasteiger partial charge in [0, 0.05) is 16.6 Å². The van der Waals surface area contributed by atoms with E-state index in [0.29, 0.717) is 4.47 Å². The summed E-state index contributed by atoms with van der Waals surface area (Å²) < 4.78 is 19.0. The highest BCUT2D eigenvalue weighted by Gasteiger charge is 2.26. The lowest BCUT2D eigenvalue weighted by atomic mass is 9.98. The van der Waals surface area contributed by atoms with E-state index >= 15 is 0 Å². The second-order valence-corrected chi connectivity index (χ2v) is 3.96. The van der Waals surface area contributed by atoms with Crippen LogP contribution in [0.25, 0.3) is 0 Å². The van der Waals surface area contributed by atoms with Gasteiger partial charge in [0.1, 0.15) is 0 Å². The van der Waals surface area contributed by atoms with Crippen LogP contribution < -0.4 is 10.5 Å². The Bertz CT molecular complexity index is 411. The first kappa shape index (κ1) is 12.9. The smallest absolute Gasteiger partial charge is 0.312 e. The number of halogens is 2. The van der Waals surface area contributed by atoms with E-state index in [2.05, 4.69) is 15.9 Å². The topological polar surface area (TPSA) is 72.5 Å². The molecule has 0 spiro atoms. The SMILES string of the molecule is COc1ccc(Br)c(C(CN)C(=O)O)c1F. The minimum Gasteiger partial charge on any atom is -0.494 e. The van der Waals surface area contributed by atoms with Crippen molar-refractivity contribution in [3.05, 3.63) is 28.0 Å². The largest absolute Gasteiger partial charge is 0.494 e. The molecule has 88 valence electrons. The van der Waals surface area contributed by atoms with E-state index in [1.807, 2.05) is 0 Å². The maximum Gasteiger partial charge on any atom is 0.312 e. The highest BCUT2D eigenvalue weighted by molar-refractivity contribution is 9.10. The van der Waals surface area contributed by atoms with Gasteiger partial charge in [-0.15, -0.1) is 0 Å². The van der Waals surface area contributed by atoms with Crippen molar-refractivity contribution < 1.29 is 19.0 Å². The van der Waals surface area contributed by atoms with Crippen LogP contribution in [0.1, 0.15) is 11.5 Å². The van der Waals surface area contributed by atoms with Crippen LogP contribution in [-0.2, 0) is 4.79 Å². The molecule has 6 heteroatoms. The lowest BCUT2D eigenvalue weighted by molar-refractivity contribution is -0.138. The van der Waals surface area contributed by atoms with Gasteiger partial charge >= 0.3 is 5.97 Å². The zero-order valence-corrected chi connectivity index (χ0v) is 10.1. The number of hydrogen-bond acceptors (Lipinski definition) is 3. The molecule has 0 aliphatic carbocycles. The normalized spacial score (nSPS) is 12.2. The highest BCUT2D eigenvalue weighted by atomic mass is 79.9. The molecular formula is C10H11BrFNO3. The Hall–Kier alpha value is -1.14. The third kappa shape index (κ3) is 2.33. The quantitative estimate of drug-likeness (QED) is 0.886. The van der Waals surface area contributed by atoms with Crippen molar-refractivity contribution in [3.8, 4) is 5.75 Å². The van der Waals surface area contributed by atoms with Crippen molar-refractivity contribution in [1.82, 2.24) is 0 Å². The Morgan fingerprint density at radius 1 is 1.69 bits per heavy atom. The molecule has 1 aromatic rings. The molecule has 0 aliphatic heterocycles. The summed E-state index contributed by atoms with van der Waals surface area (Å²) in [5, 5.41) is 8.93. The molecule has 1 atom stereocenters. The fraction of sp³-hybridized carbons (Fsp3) is 0.300. The monoisotopic (exact) mass is 291 g/mol. The summed E-state index contributed by atoms with van der Waals surface area (Å²) in [5.41, 5.74) is 5.33. The third-order valence-electron chi connectivity index (χ3n) is 2.19. The number of methoxy groups -OCH3 is 1. The summed E-state index contributed by atoms with van der Waals surface area (Å²) in [7, 11) is 1.31. The van der Waals surface area contributed by atoms with Crippen molar-refractivity contribution in [2.24, 2.45) is 5.73 Å². The van der Waals surface area contributed by atoms with Crippen LogP contribution >= 0.6 is 15.9 Å². The van der Waals surface area contributed by atoms with E-state index in [4.69, 9.17) is 15.6 Å². The molecule has 1 rings (SSSR count). The molecule has 0 fully saturated rings. The van der Waals surface area contributed by atoms with E-state index in [1.165, 1.54) is 19.2 Å². The Morgan fingerprint density at radius 2 is 2.31 bits per heavy atom. The van der Waals surface area contributed by atoms with Gasteiger partial charge in [0.2, 0.25) is 0 Å². The predicted molar refractivity (Wildman–Crippen MR) is 60.1 cm³/mol. The second-order valence-electron chi connectivity index (χ2n) is 3.10. The lowest BCUT2D eigenvalue weighted by Gasteiger charge is -2.15. The Kier molecular flexibility index (Phi) is 4.26. The zero-order valence-electron chi connectivity index (χ0n) is 8.54. The minimum atomic E-state index is -1.17. The number of ether oxygens (including phenoxy) is 1. The van der Waals surface area contributed by atoms with Gasteiger partial charge < -0.3 is 15.6 Å². The molecular weight excluding hydrogens is 281 g/mol. The summed E-state index contributed by atoms with van der Waals surface area (Å²) in [6.07, 6.45) is 0. The van der Waals surface area contributed by atoms with E-state index in [9.17, 15) is 9.18 Å². The van der Waals surface area contributed by atoms with E-state index < -0.39 is 17.7 Å². The van der Waals surface area contributed by atoms with Crippen LogP contribution in [0.2, 0.25) is 0 Å². The zero-order chi connectivity index (χ0) is 12.3. The number of rotatable bonds is 4. The van der Waals surface area contributed by atoms with Crippen molar-refractivity contribution in [3.63, 3.8) is 0 Å². The molecule has 0 aromatic heterocycles. The van der Waals surface area contributed by atoms with Crippen molar-refractivity contribution >= 4 is 21.9 Å². The Morgan fingerprint density at radius 3 is 2.75 bits per heavy atom. The fourth-order valence-electron chi connectivity index (χ4n) is 1.37. The van der Waals surface area contributed by atoms with E-state index in [-0.39, 0.29) is 17.9 Å². The van der Waals surface area contributed by atoms with Gasteiger partial charge in [0.05, 0.1) is 13.0 Å². The number of hydrogen-bond donors (Lipinski definition) is 2. The van der Waals surface area contributed by atoms with Crippen molar-refractivity contribution in [1.29, 1.82) is 0 Å². The van der Waals surface area contributed by atoms with Gasteiger partial charge in [-0.3, -0.25) is 4.79 Å². The van der Waals surface area contributed by atoms with Gasteiger partial charge in [0.25, 0.3) is 0 Å². The van der Waals surface area contributed by atoms with Crippen LogP contribution in [-0.4, -0.2) is 24.7 Å². The summed E-state index contributed by atoms with van der Waals surface area (Å²) >= 11 is 3.11. The number of benzene rings is 1. The summed E-state index contributed by atoms with van der Waals surface area (Å²) in [5.74, 6) is -2.97. The lowest BCUT2D eigenvalue weighted by Crippen LogP contribution is -2.22. The third-order valence-corrected chi connectivity index (χ3v) is 2.88. The van der Waals surface area contributed by atoms with Crippen LogP contribution in [0.4, 0.5) is 4.39 Å². The number of aliphatic carboxylic acids is 1. The van der Waals surface area contributed by atoms with Gasteiger partial charge in [-0.25, -0.2) is 4.39 Å². The van der Waals surface area contributed by atoms with Crippen LogP contribution in [0.15, 0.2) is 16.6 Å². The van der Waals surface area contributed by atoms with Crippen LogP contribution in [0.5, 0.6) is 5.75 Å². The van der Waals surface area contributed by atoms with Gasteiger partial charge in [-0.1, -0.05) is 15.9 Å². The molecule has 16 heavy (non-hydrogen) atoms. The maximum absolute atomic E-state index is 13.9. The summed E-state index contributed by atoms with van der Waals surface area (Å²) in [6, 6.07) is 2.95. The summed E-state index contributed by atoms with van der Waals surface area (Å²) in [6.45, 7) is -0.183. The molecule has 3 N–H and O–H groups in total. The Balaban J connectivity index is 3.35. The fourth-order valence-corrected chi connectivity index (χ4v) is 1.95. The highest BCUT2D eigenvalue weighted by Crippen LogP contribution is 2.32. The van der Waals surface area contributed by atoms with Crippen LogP contribution in [0.3, 0.4) is 0 Å². The number of carboxylic acid groups (broad SMARTS) is 1. The molecule has 1 unspecified atom stereocenters. The Labute approximate surface area is 100 Å². The first-order valence-corrected chi connectivity index (χ1v) is 5.27. The molecule has 4 nitrogen and oxygen atoms in total. The van der Waals surface area contributed by atoms with Crippen molar-refractivity contribution in [2.45, 2.75) is 5.92 Å². The predicted octanol–water partition coefficient (Wildman–Crippen LogP) is 1.72. The number of carboxylic acids is 1. The molecule has 0 radical (unpaired) electrons.